The van der Waals surface area contributed by atoms with Crippen LogP contribution in [-0.2, 0) is 26.9 Å². The Morgan fingerprint density at radius 1 is 1.16 bits per heavy atom. The Hall–Kier alpha value is -3.09. The molecule has 1 unspecified atom stereocenters. The van der Waals surface area contributed by atoms with Crippen LogP contribution >= 0.6 is 11.6 Å². The van der Waals surface area contributed by atoms with Gasteiger partial charge in [0.15, 0.2) is 9.84 Å². The molecule has 198 valence electrons. The molecule has 0 spiro atoms. The van der Waals surface area contributed by atoms with Crippen LogP contribution in [0.5, 0.6) is 0 Å². The topological polar surface area (TPSA) is 128 Å². The summed E-state index contributed by atoms with van der Waals surface area (Å²) < 4.78 is 54.9. The van der Waals surface area contributed by atoms with E-state index in [9.17, 15) is 26.4 Å². The van der Waals surface area contributed by atoms with E-state index >= 15 is 0 Å². The summed E-state index contributed by atoms with van der Waals surface area (Å²) in [5, 5.41) is 2.58. The average molecular weight is 567 g/mol. The van der Waals surface area contributed by atoms with Crippen LogP contribution < -0.4 is 15.2 Å². The number of nitrogens with zero attached hydrogens (tertiary/aromatic N) is 3. The van der Waals surface area contributed by atoms with Gasteiger partial charge in [-0.1, -0.05) is 29.8 Å². The summed E-state index contributed by atoms with van der Waals surface area (Å²) in [4.78, 5) is 25.9. The number of hydrogen-bond donors (Lipinski definition) is 1. The first-order valence-electron chi connectivity index (χ1n) is 11.3. The molecule has 1 saturated heterocycles. The van der Waals surface area contributed by atoms with Crippen molar-refractivity contribution < 1.29 is 21.6 Å². The van der Waals surface area contributed by atoms with Gasteiger partial charge in [-0.3, -0.25) is 18.6 Å². The maximum atomic E-state index is 13.7. The molecule has 13 heteroatoms. The zero-order chi connectivity index (χ0) is 27.3. The number of amides is 1. The fraction of sp³-hybridized carbons (Fsp3) is 0.333. The monoisotopic (exact) mass is 566 g/mol. The quantitative estimate of drug-likeness (QED) is 0.487. The summed E-state index contributed by atoms with van der Waals surface area (Å²) >= 11 is 6.26. The summed E-state index contributed by atoms with van der Waals surface area (Å²) in [6.07, 6.45) is 0.254. The molecule has 37 heavy (non-hydrogen) atoms. The minimum absolute atomic E-state index is 0.00613. The number of carbonyl (C=O) groups excluding carboxylic acids is 1. The van der Waals surface area contributed by atoms with Crippen molar-refractivity contribution in [2.24, 2.45) is 7.05 Å². The minimum Gasteiger partial charge on any atom is -0.346 e. The van der Waals surface area contributed by atoms with Crippen LogP contribution in [0.1, 0.15) is 29.4 Å². The summed E-state index contributed by atoms with van der Waals surface area (Å²) in [5.41, 5.74) is -0.615. The van der Waals surface area contributed by atoms with Gasteiger partial charge in [-0.2, -0.15) is 0 Å². The van der Waals surface area contributed by atoms with E-state index in [2.05, 4.69) is 5.32 Å². The third-order valence-corrected chi connectivity index (χ3v) is 10.7. The second-order valence-corrected chi connectivity index (χ2v) is 13.9. The molecule has 1 amide bonds. The molecule has 4 rings (SSSR count). The molecule has 1 fully saturated rings. The maximum absolute atomic E-state index is 13.7. The summed E-state index contributed by atoms with van der Waals surface area (Å²) in [5.74, 6) is -0.863. The molecule has 1 aliphatic rings. The van der Waals surface area contributed by atoms with Gasteiger partial charge in [0, 0.05) is 19.7 Å². The van der Waals surface area contributed by atoms with Crippen molar-refractivity contribution in [1.29, 1.82) is 0 Å². The Labute approximate surface area is 220 Å². The second-order valence-electron chi connectivity index (χ2n) is 9.38. The van der Waals surface area contributed by atoms with E-state index in [0.29, 0.717) is 11.4 Å². The number of anilines is 1. The van der Waals surface area contributed by atoms with Gasteiger partial charge in [0.25, 0.3) is 21.5 Å². The van der Waals surface area contributed by atoms with Crippen molar-refractivity contribution >= 4 is 43.1 Å². The largest absolute Gasteiger partial charge is 0.346 e. The van der Waals surface area contributed by atoms with Gasteiger partial charge in [-0.05, 0) is 50.6 Å². The molecule has 1 N–H and O–H groups in total. The third-order valence-electron chi connectivity index (χ3n) is 6.59. The number of nitrogens with one attached hydrogen (secondary N) is 1. The average Bonchev–Trinajstić information content (AvgIpc) is 3.23. The molecule has 1 aromatic heterocycles. The van der Waals surface area contributed by atoms with Gasteiger partial charge >= 0.3 is 0 Å². The van der Waals surface area contributed by atoms with Crippen molar-refractivity contribution in [3.8, 4) is 5.69 Å². The number of aromatic nitrogens is 2. The van der Waals surface area contributed by atoms with E-state index in [-0.39, 0.29) is 39.1 Å². The Morgan fingerprint density at radius 3 is 2.41 bits per heavy atom. The Bertz CT molecular complexity index is 1660. The number of carbonyl (C=O) groups is 1. The first-order chi connectivity index (χ1) is 17.2. The van der Waals surface area contributed by atoms with Crippen LogP contribution in [0.3, 0.4) is 0 Å². The van der Waals surface area contributed by atoms with E-state index in [4.69, 9.17) is 11.6 Å². The molecule has 10 nitrogen and oxygen atoms in total. The Balaban J connectivity index is 1.72. The zero-order valence-corrected chi connectivity index (χ0v) is 23.1. The van der Waals surface area contributed by atoms with E-state index in [1.165, 1.54) is 23.9 Å². The van der Waals surface area contributed by atoms with Crippen LogP contribution in [0, 0.1) is 6.92 Å². The van der Waals surface area contributed by atoms with Crippen LogP contribution in [0.4, 0.5) is 5.69 Å². The molecule has 0 radical (unpaired) electrons. The summed E-state index contributed by atoms with van der Waals surface area (Å²) in [7, 11) is -4.73. The van der Waals surface area contributed by atoms with Crippen molar-refractivity contribution in [2.75, 3.05) is 22.9 Å². The van der Waals surface area contributed by atoms with Crippen LogP contribution in [0.2, 0.25) is 5.02 Å². The minimum atomic E-state index is -4.37. The predicted octanol–water partition coefficient (Wildman–Crippen LogP) is 2.27. The highest BCUT2D eigenvalue weighted by Gasteiger charge is 2.40. The van der Waals surface area contributed by atoms with Crippen LogP contribution in [-0.4, -0.2) is 56.2 Å². The van der Waals surface area contributed by atoms with Gasteiger partial charge < -0.3 is 5.32 Å². The molecular formula is C24H27ClN4O6S2. The van der Waals surface area contributed by atoms with Crippen LogP contribution in [0.15, 0.2) is 58.2 Å². The molecule has 2 heterocycles. The van der Waals surface area contributed by atoms with Crippen molar-refractivity contribution in [1.82, 2.24) is 14.7 Å². The SMILES string of the molecule is Cc1c(N(C)S(=O)(=O)c2cc(C(=O)NC3(C)CCS(=O)(=O)C3)ccc2Cl)c(=O)n(-c2ccccc2)n1C. The first-order valence-corrected chi connectivity index (χ1v) is 15.0. The number of sulfone groups is 1. The van der Waals surface area contributed by atoms with Gasteiger partial charge in [-0.15, -0.1) is 0 Å². The normalized spacial score (nSPS) is 19.1. The number of para-hydroxylation sites is 1. The Morgan fingerprint density at radius 2 is 1.81 bits per heavy atom. The lowest BCUT2D eigenvalue weighted by Crippen LogP contribution is -2.47. The molecule has 1 aliphatic heterocycles. The number of sulfonamides is 1. The van der Waals surface area contributed by atoms with E-state index in [1.54, 1.807) is 55.9 Å². The smallest absolute Gasteiger partial charge is 0.296 e. The summed E-state index contributed by atoms with van der Waals surface area (Å²) in [6.45, 7) is 3.26. The van der Waals surface area contributed by atoms with Crippen LogP contribution in [0.25, 0.3) is 5.69 Å². The predicted molar refractivity (Wildman–Crippen MR) is 142 cm³/mol. The van der Waals surface area contributed by atoms with Crippen molar-refractivity contribution in [3.05, 3.63) is 75.2 Å². The molecule has 0 aliphatic carbocycles. The number of benzene rings is 2. The molecule has 0 bridgehead atoms. The second kappa shape index (κ2) is 9.34. The third kappa shape index (κ3) is 4.92. The highest BCUT2D eigenvalue weighted by Crippen LogP contribution is 2.30. The van der Waals surface area contributed by atoms with E-state index < -0.39 is 36.9 Å². The van der Waals surface area contributed by atoms with Gasteiger partial charge in [0.05, 0.1) is 33.4 Å². The summed E-state index contributed by atoms with van der Waals surface area (Å²) in [6, 6.07) is 12.6. The Kier molecular flexibility index (Phi) is 6.80. The molecular weight excluding hydrogens is 540 g/mol. The number of rotatable bonds is 6. The molecule has 2 aromatic carbocycles. The molecule has 0 saturated carbocycles. The van der Waals surface area contributed by atoms with Crippen molar-refractivity contribution in [3.63, 3.8) is 0 Å². The first kappa shape index (κ1) is 27.0. The van der Waals surface area contributed by atoms with E-state index in [0.717, 1.165) is 10.4 Å². The lowest BCUT2D eigenvalue weighted by molar-refractivity contribution is 0.0915. The lowest BCUT2D eigenvalue weighted by atomic mass is 10.0. The standard InChI is InChI=1S/C24H27ClN4O6S2/c1-16-21(23(31)29(27(16)3)18-8-6-5-7-9-18)28(4)37(34,35)20-14-17(10-11-19(20)25)22(30)26-24(2)12-13-36(32,33)15-24/h5-11,14H,12-13,15H2,1-4H3,(H,26,30). The van der Waals surface area contributed by atoms with Gasteiger partial charge in [0.1, 0.15) is 10.6 Å². The number of halogens is 1. The van der Waals surface area contributed by atoms with Crippen molar-refractivity contribution in [2.45, 2.75) is 30.7 Å². The highest BCUT2D eigenvalue weighted by molar-refractivity contribution is 7.93. The zero-order valence-electron chi connectivity index (χ0n) is 20.7. The highest BCUT2D eigenvalue weighted by atomic mass is 35.5. The fourth-order valence-corrected chi connectivity index (χ4v) is 8.32. The lowest BCUT2D eigenvalue weighted by Gasteiger charge is -2.24. The number of hydrogen-bond acceptors (Lipinski definition) is 6. The maximum Gasteiger partial charge on any atom is 0.296 e. The molecule has 1 atom stereocenters. The van der Waals surface area contributed by atoms with E-state index in [1.807, 2.05) is 0 Å². The molecule has 3 aromatic rings. The van der Waals surface area contributed by atoms with Gasteiger partial charge in [0.2, 0.25) is 0 Å². The fourth-order valence-electron chi connectivity index (χ4n) is 4.48. The van der Waals surface area contributed by atoms with Gasteiger partial charge in [-0.25, -0.2) is 21.5 Å².